The molecular formula is C16H19N5O2. The number of carbonyl (C=O) groups is 2. The fourth-order valence-electron chi connectivity index (χ4n) is 2.69. The van der Waals surface area contributed by atoms with Crippen molar-refractivity contribution in [2.24, 2.45) is 0 Å². The first-order valence-corrected chi connectivity index (χ1v) is 7.58. The number of nitrogens with zero attached hydrogens (tertiary/aromatic N) is 3. The first-order valence-electron chi connectivity index (χ1n) is 7.58. The molecule has 0 spiro atoms. The number of hydrogen-bond donors (Lipinski definition) is 2. The van der Waals surface area contributed by atoms with E-state index in [4.69, 9.17) is 0 Å². The average molecular weight is 313 g/mol. The Morgan fingerprint density at radius 1 is 1.35 bits per heavy atom. The van der Waals surface area contributed by atoms with Crippen molar-refractivity contribution in [2.45, 2.75) is 39.3 Å². The smallest absolute Gasteiger partial charge is 0.249 e. The van der Waals surface area contributed by atoms with Crippen LogP contribution in [0.1, 0.15) is 29.8 Å². The van der Waals surface area contributed by atoms with E-state index in [0.717, 1.165) is 11.1 Å². The van der Waals surface area contributed by atoms with E-state index in [9.17, 15) is 9.59 Å². The van der Waals surface area contributed by atoms with E-state index in [1.165, 1.54) is 0 Å². The highest BCUT2D eigenvalue weighted by Gasteiger charge is 2.36. The van der Waals surface area contributed by atoms with Gasteiger partial charge in [-0.3, -0.25) is 20.0 Å². The van der Waals surface area contributed by atoms with Crippen LogP contribution < -0.4 is 5.32 Å². The summed E-state index contributed by atoms with van der Waals surface area (Å²) in [5.41, 5.74) is 2.17. The van der Waals surface area contributed by atoms with Gasteiger partial charge in [0.25, 0.3) is 0 Å². The molecule has 1 aromatic heterocycles. The average Bonchev–Trinajstić information content (AvgIpc) is 3.08. The van der Waals surface area contributed by atoms with Crippen LogP contribution in [-0.4, -0.2) is 37.9 Å². The van der Waals surface area contributed by atoms with Crippen LogP contribution >= 0.6 is 0 Å². The Morgan fingerprint density at radius 3 is 2.74 bits per heavy atom. The molecule has 120 valence electrons. The molecule has 23 heavy (non-hydrogen) atoms. The third-order valence-corrected chi connectivity index (χ3v) is 3.94. The first-order chi connectivity index (χ1) is 11.0. The van der Waals surface area contributed by atoms with Gasteiger partial charge >= 0.3 is 0 Å². The normalized spacial score (nSPS) is 17.6. The van der Waals surface area contributed by atoms with Crippen LogP contribution in [0.15, 0.2) is 24.3 Å². The van der Waals surface area contributed by atoms with E-state index in [-0.39, 0.29) is 17.8 Å². The van der Waals surface area contributed by atoms with Crippen molar-refractivity contribution < 1.29 is 9.59 Å². The highest BCUT2D eigenvalue weighted by molar-refractivity contribution is 5.98. The van der Waals surface area contributed by atoms with E-state index in [0.29, 0.717) is 25.2 Å². The van der Waals surface area contributed by atoms with Crippen molar-refractivity contribution in [1.29, 1.82) is 0 Å². The quantitative estimate of drug-likeness (QED) is 0.896. The molecule has 3 rings (SSSR count). The Labute approximate surface area is 134 Å². The van der Waals surface area contributed by atoms with Crippen LogP contribution in [0.25, 0.3) is 0 Å². The number of nitrogens with one attached hydrogen (secondary N) is 2. The molecule has 1 saturated heterocycles. The summed E-state index contributed by atoms with van der Waals surface area (Å²) in [6, 6.07) is 7.48. The largest absolute Gasteiger partial charge is 0.326 e. The third-order valence-electron chi connectivity index (χ3n) is 3.94. The number of benzene rings is 1. The van der Waals surface area contributed by atoms with Gasteiger partial charge in [0.2, 0.25) is 17.8 Å². The zero-order valence-corrected chi connectivity index (χ0v) is 13.2. The van der Waals surface area contributed by atoms with Gasteiger partial charge in [-0.1, -0.05) is 29.8 Å². The second-order valence-electron chi connectivity index (χ2n) is 5.80. The number of amides is 2. The lowest BCUT2D eigenvalue weighted by Gasteiger charge is -2.23. The van der Waals surface area contributed by atoms with E-state index in [2.05, 4.69) is 20.5 Å². The highest BCUT2D eigenvalue weighted by atomic mass is 16.2. The monoisotopic (exact) mass is 313 g/mol. The van der Waals surface area contributed by atoms with Gasteiger partial charge in [-0.05, 0) is 25.8 Å². The van der Waals surface area contributed by atoms with Crippen LogP contribution in [0.3, 0.4) is 0 Å². The van der Waals surface area contributed by atoms with E-state index in [1.54, 1.807) is 11.8 Å². The van der Waals surface area contributed by atoms with Crippen LogP contribution in [0.5, 0.6) is 0 Å². The molecule has 1 aliphatic rings. The molecule has 1 aromatic carbocycles. The Balaban J connectivity index is 1.71. The van der Waals surface area contributed by atoms with Crippen molar-refractivity contribution >= 4 is 17.8 Å². The Bertz CT molecular complexity index is 722. The first kappa shape index (κ1) is 15.2. The minimum atomic E-state index is -0.484. The van der Waals surface area contributed by atoms with Gasteiger partial charge in [0.15, 0.2) is 0 Å². The molecule has 0 bridgehead atoms. The number of H-pyrrole nitrogens is 1. The lowest BCUT2D eigenvalue weighted by atomic mass is 10.1. The molecule has 0 radical (unpaired) electrons. The number of aryl methyl sites for hydroxylation is 2. The van der Waals surface area contributed by atoms with Crippen molar-refractivity contribution in [3.63, 3.8) is 0 Å². The molecule has 2 amide bonds. The van der Waals surface area contributed by atoms with Gasteiger partial charge in [-0.2, -0.15) is 4.98 Å². The number of anilines is 1. The molecule has 1 fully saturated rings. The Kier molecular flexibility index (Phi) is 4.10. The molecule has 0 aliphatic carbocycles. The summed E-state index contributed by atoms with van der Waals surface area (Å²) in [6.45, 7) is 4.20. The minimum Gasteiger partial charge on any atom is -0.326 e. The zero-order chi connectivity index (χ0) is 16.4. The van der Waals surface area contributed by atoms with Gasteiger partial charge in [-0.15, -0.1) is 5.10 Å². The number of aromatic nitrogens is 3. The van der Waals surface area contributed by atoms with Crippen LogP contribution in [0.4, 0.5) is 5.95 Å². The molecule has 1 unspecified atom stereocenters. The maximum atomic E-state index is 12.4. The second-order valence-corrected chi connectivity index (χ2v) is 5.80. The SMILES string of the molecule is Cc1ccc(CN2C(=O)CCC2C(=O)Nc2n[nH]c(C)n2)cc1. The molecule has 2 aromatic rings. The maximum absolute atomic E-state index is 12.4. The summed E-state index contributed by atoms with van der Waals surface area (Å²) in [6.07, 6.45) is 0.900. The molecule has 2 N–H and O–H groups in total. The number of rotatable bonds is 4. The zero-order valence-electron chi connectivity index (χ0n) is 13.2. The van der Waals surface area contributed by atoms with Gasteiger partial charge in [-0.25, -0.2) is 0 Å². The molecule has 2 heterocycles. The summed E-state index contributed by atoms with van der Waals surface area (Å²) >= 11 is 0. The molecule has 7 heteroatoms. The standard InChI is InChI=1S/C16H19N5O2/c1-10-3-5-12(6-4-10)9-21-13(7-8-14(21)22)15(23)18-16-17-11(2)19-20-16/h3-6,13H,7-9H2,1-2H3,(H2,17,18,19,20,23). The number of aromatic amines is 1. The lowest BCUT2D eigenvalue weighted by molar-refractivity contribution is -0.133. The number of hydrogen-bond acceptors (Lipinski definition) is 4. The molecule has 1 atom stereocenters. The summed E-state index contributed by atoms with van der Waals surface area (Å²) in [7, 11) is 0. The van der Waals surface area contributed by atoms with Gasteiger partial charge < -0.3 is 4.90 Å². The fraction of sp³-hybridized carbons (Fsp3) is 0.375. The van der Waals surface area contributed by atoms with Crippen molar-refractivity contribution in [3.05, 3.63) is 41.2 Å². The fourth-order valence-corrected chi connectivity index (χ4v) is 2.69. The highest BCUT2D eigenvalue weighted by Crippen LogP contribution is 2.22. The van der Waals surface area contributed by atoms with E-state index < -0.39 is 6.04 Å². The summed E-state index contributed by atoms with van der Waals surface area (Å²) in [5.74, 6) is 0.611. The summed E-state index contributed by atoms with van der Waals surface area (Å²) in [4.78, 5) is 30.2. The van der Waals surface area contributed by atoms with Crippen LogP contribution in [-0.2, 0) is 16.1 Å². The van der Waals surface area contributed by atoms with E-state index in [1.807, 2.05) is 31.2 Å². The lowest BCUT2D eigenvalue weighted by Crippen LogP contribution is -2.41. The molecular weight excluding hydrogens is 294 g/mol. The minimum absolute atomic E-state index is 0.00288. The Hall–Kier alpha value is -2.70. The van der Waals surface area contributed by atoms with Gasteiger partial charge in [0, 0.05) is 13.0 Å². The Morgan fingerprint density at radius 2 is 2.09 bits per heavy atom. The summed E-state index contributed by atoms with van der Waals surface area (Å²) < 4.78 is 0. The predicted octanol–water partition coefficient (Wildman–Crippen LogP) is 1.55. The van der Waals surface area contributed by atoms with Gasteiger partial charge in [0.05, 0.1) is 0 Å². The van der Waals surface area contributed by atoms with E-state index >= 15 is 0 Å². The van der Waals surface area contributed by atoms with Crippen LogP contribution in [0.2, 0.25) is 0 Å². The van der Waals surface area contributed by atoms with Crippen molar-refractivity contribution in [3.8, 4) is 0 Å². The van der Waals surface area contributed by atoms with Crippen LogP contribution in [0, 0.1) is 13.8 Å². The van der Waals surface area contributed by atoms with Crippen molar-refractivity contribution in [1.82, 2.24) is 20.1 Å². The summed E-state index contributed by atoms with van der Waals surface area (Å²) in [5, 5.41) is 9.23. The molecule has 7 nitrogen and oxygen atoms in total. The number of likely N-dealkylation sites (tertiary alicyclic amines) is 1. The maximum Gasteiger partial charge on any atom is 0.249 e. The predicted molar refractivity (Wildman–Crippen MR) is 84.5 cm³/mol. The molecule has 1 aliphatic heterocycles. The second kappa shape index (κ2) is 6.20. The van der Waals surface area contributed by atoms with Crippen molar-refractivity contribution in [2.75, 3.05) is 5.32 Å². The topological polar surface area (TPSA) is 91.0 Å². The molecule has 0 saturated carbocycles. The van der Waals surface area contributed by atoms with Gasteiger partial charge in [0.1, 0.15) is 11.9 Å². The third kappa shape index (κ3) is 3.39. The number of carbonyl (C=O) groups excluding carboxylic acids is 2.